The van der Waals surface area contributed by atoms with Gasteiger partial charge in [-0.3, -0.25) is 13.7 Å². The first kappa shape index (κ1) is 85.3. The molecule has 1 atom stereocenters. The third kappa shape index (κ3) is 16.7. The number of nitriles is 4. The Hall–Kier alpha value is -17.5. The molecule has 22 rings (SSSR count). The first-order valence-corrected chi connectivity index (χ1v) is 41.4. The van der Waals surface area contributed by atoms with Gasteiger partial charge in [-0.25, -0.2) is 34.9 Å². The fraction of sp³-hybridized carbons (Fsp3) is 0. The Labute approximate surface area is 784 Å². The van der Waals surface area contributed by atoms with Crippen LogP contribution in [0.15, 0.2) is 381 Å². The van der Waals surface area contributed by atoms with Crippen molar-refractivity contribution in [1.82, 2.24) is 58.6 Å². The summed E-state index contributed by atoms with van der Waals surface area (Å²) in [7, 11) is 8.64. The minimum Gasteiger partial charge on any atom is -0.370 e. The molecule has 25 heteroatoms. The van der Waals surface area contributed by atoms with E-state index in [4.69, 9.17) is 29.4 Å². The van der Waals surface area contributed by atoms with E-state index in [9.17, 15) is 21.0 Å². The van der Waals surface area contributed by atoms with Gasteiger partial charge >= 0.3 is 26.2 Å². The fourth-order valence-corrected chi connectivity index (χ4v) is 16.4. The van der Waals surface area contributed by atoms with Crippen LogP contribution in [0, 0.1) is 58.5 Å². The van der Waals surface area contributed by atoms with Gasteiger partial charge in [-0.2, -0.15) is 30.9 Å². The summed E-state index contributed by atoms with van der Waals surface area (Å²) in [5.41, 5.74) is 19.9. The first-order valence-electron chi connectivity index (χ1n) is 41.5. The van der Waals surface area contributed by atoms with Crippen molar-refractivity contribution in [1.29, 1.82) is 22.3 Å². The summed E-state index contributed by atoms with van der Waals surface area (Å²) in [6, 6.07) is 139. The zero-order valence-electron chi connectivity index (χ0n) is 70.9. The van der Waals surface area contributed by atoms with E-state index in [1.54, 1.807) is 34.1 Å². The van der Waals surface area contributed by atoms with E-state index in [-0.39, 0.29) is 93.7 Å². The van der Waals surface area contributed by atoms with Crippen LogP contribution in [0.25, 0.3) is 160 Å². The third-order valence-corrected chi connectivity index (χ3v) is 22.0. The maximum atomic E-state index is 9.29. The zero-order chi connectivity index (χ0) is 90.6. The predicted octanol–water partition coefficient (Wildman–Crippen LogP) is 24.9. The van der Waals surface area contributed by atoms with Crippen molar-refractivity contribution >= 4 is 187 Å². The Bertz CT molecular complexity index is 7590. The molecule has 132 heavy (non-hydrogen) atoms. The second-order valence-corrected chi connectivity index (χ2v) is 29.9. The molecule has 1 unspecified atom stereocenters. The molecule has 0 bridgehead atoms. The average Bonchev–Trinajstić information content (AvgIpc) is 1.64. The van der Waals surface area contributed by atoms with Crippen LogP contribution in [0.4, 0.5) is 45.8 Å². The zero-order valence-corrected chi connectivity index (χ0v) is 76.6. The van der Waals surface area contributed by atoms with E-state index in [0.29, 0.717) is 0 Å². The van der Waals surface area contributed by atoms with E-state index >= 15 is 0 Å². The average molecular weight is 1930 g/mol. The number of hydrogen-bond acceptors (Lipinski definition) is 16. The first-order chi connectivity index (χ1) is 65.1. The fourth-order valence-electron chi connectivity index (χ4n) is 16.4. The van der Waals surface area contributed by atoms with Crippen molar-refractivity contribution in [2.45, 2.75) is 0 Å². The van der Waals surface area contributed by atoms with Crippen LogP contribution >= 0.6 is 18.9 Å². The van der Waals surface area contributed by atoms with Crippen molar-refractivity contribution in [3.05, 3.63) is 422 Å². The second-order valence-electron chi connectivity index (χ2n) is 29.6. The molecule has 0 aliphatic carbocycles. The van der Waals surface area contributed by atoms with Crippen LogP contribution in [0.2, 0.25) is 0 Å². The largest absolute Gasteiger partial charge is 0.370 e. The Morgan fingerprint density at radius 3 is 0.856 bits per heavy atom. The molecule has 0 fully saturated rings. The molecular weight excluding hydrogens is 1860 g/mol. The minimum atomic E-state index is -0.301. The molecule has 0 aliphatic heterocycles. The normalized spacial score (nSPS) is 10.7. The van der Waals surface area contributed by atoms with E-state index < -0.39 is 0 Å². The van der Waals surface area contributed by atoms with E-state index in [1.165, 1.54) is 32.7 Å². The number of hydrogen-bond donors (Lipinski definition) is 0. The second kappa shape index (κ2) is 38.8. The number of nitrogens with zero attached hydrogens (tertiary/aromatic N) is 21. The van der Waals surface area contributed by atoms with Gasteiger partial charge in [-0.15, -0.1) is 9.97 Å². The molecule has 0 aliphatic rings. The molecule has 21 nitrogen and oxygen atoms in total. The molecule has 0 saturated heterocycles. The van der Waals surface area contributed by atoms with Crippen LogP contribution in [0.3, 0.4) is 0 Å². The van der Waals surface area contributed by atoms with Gasteiger partial charge in [-0.1, -0.05) is 238 Å². The topological polar surface area (TPSA) is 254 Å². The number of fused-ring (bicyclic) bond motifs is 11. The summed E-state index contributed by atoms with van der Waals surface area (Å²) in [4.78, 5) is 51.7. The Balaban J connectivity index is 0.000000139. The van der Waals surface area contributed by atoms with E-state index in [0.717, 1.165) is 118 Å². The van der Waals surface area contributed by atoms with E-state index in [2.05, 4.69) is 424 Å². The molecule has 6 heterocycles. The summed E-state index contributed by atoms with van der Waals surface area (Å²) in [6.45, 7) is 14.5. The van der Waals surface area contributed by atoms with Crippen LogP contribution in [0.5, 0.6) is 0 Å². The Morgan fingerprint density at radius 1 is 0.311 bits per heavy atom. The SMILES string of the molecule is [3H]P.[B]N=P.[BiH2].[C-]#[N+]c1nc2c3nc(C#N)c(C#N)nc3c3nc(C#N)c(C#N)nc3c2nc1[N+]#[C-].c1ccc(-n2c(-c3cc(-c4nc5ccccc5n4-c4ccccc4)cc(-c4nc5ccccc5n4-c4ccccc4)c3)nc3ccccc32)cc1.c1ccc(N(c2ccc(-c3ccc(N(c4ccccc4)c4cccc5ccccc45)cc3)cc2)c2cccc3ccccc23)cc1. The summed E-state index contributed by atoms with van der Waals surface area (Å²) in [5, 5.41) is 42.1. The Morgan fingerprint density at radius 2 is 0.561 bits per heavy atom. The predicted molar refractivity (Wildman–Crippen MR) is 536 cm³/mol. The molecule has 16 aromatic carbocycles. The molecule has 6 aromatic heterocycles. The maximum absolute atomic E-state index is 9.29. The number of anilines is 6. The number of imidazole rings is 3. The van der Waals surface area contributed by atoms with Gasteiger partial charge in [0.05, 0.1) is 45.8 Å². The van der Waals surface area contributed by atoms with E-state index in [1.807, 2.05) is 36.4 Å². The van der Waals surface area contributed by atoms with Crippen LogP contribution in [0.1, 0.15) is 22.8 Å². The van der Waals surface area contributed by atoms with Crippen LogP contribution in [-0.4, -0.2) is 94.0 Å². The van der Waals surface area contributed by atoms with Gasteiger partial charge in [0.1, 0.15) is 63.8 Å². The van der Waals surface area contributed by atoms with Gasteiger partial charge in [-0.05, 0) is 183 Å². The van der Waals surface area contributed by atoms with Crippen molar-refractivity contribution < 1.29 is 0 Å². The molecule has 0 saturated carbocycles. The number of rotatable bonds is 13. The molecule has 22 aromatic rings. The van der Waals surface area contributed by atoms with Crippen molar-refractivity contribution in [3.63, 3.8) is 0 Å². The number of aromatic nitrogens is 12. The van der Waals surface area contributed by atoms with Crippen LogP contribution in [-0.2, 0) is 0 Å². The van der Waals surface area contributed by atoms with Gasteiger partial charge in [0.2, 0.25) is 11.0 Å². The molecule has 0 N–H and O–H groups in total. The summed E-state index contributed by atoms with van der Waals surface area (Å²) in [5.74, 6) is 1.93. The Kier molecular flexibility index (Phi) is 25.0. The van der Waals surface area contributed by atoms with Gasteiger partial charge in [0.25, 0.3) is 19.6 Å². The van der Waals surface area contributed by atoms with Crippen molar-refractivity contribution in [2.75, 3.05) is 9.80 Å². The molecule has 0 spiro atoms. The molecule has 0 amide bonds. The minimum absolute atomic E-state index is 0. The third-order valence-electron chi connectivity index (χ3n) is 22.0. The summed E-state index contributed by atoms with van der Waals surface area (Å²) in [6.07, 6.45) is 0. The molecule has 3 radical (unpaired) electrons. The van der Waals surface area contributed by atoms with Crippen LogP contribution < -0.4 is 9.80 Å². The molecule has 619 valence electrons. The standard InChI is InChI=1S/C45H30N6.C44H32N2.C18N12.BHNP.Bi.H3P.2H/c1-4-16-34(17-5-1)49-40-25-13-10-22-37(40)46-43(49)31-28-32(44-47-38-23-11-14-26-41(38)50(44)35-18-6-2-7-19-35)30-33(29-31)45-48-39-24-12-15-27-42(39)51(45)36-20-8-3-9-21-36;1-3-17-37(18-4-1)45(43-23-11-15-35-13-7-9-21-41(35)43)39-29-25-33(26-30-39)34-27-31-40(32-28-34)46(38-19-5-2-6-20-38)44-24-12-16-36-14-8-10-22-42(36)44;1-23-17-18(24-2)30-16-14-12(26-8(4-20)10(6-22)28-14)11-13(15(16)29-17)27-9(5-21)7(3-19)25-11;1-2-3;;;;/h1-30H;1-32H;;3H;;1H3;;/i;;;;;1T;;. The number of para-hydroxylation sites is 11. The smallest absolute Gasteiger partial charge is 0.294 e. The van der Waals surface area contributed by atoms with Crippen molar-refractivity contribution in [2.24, 2.45) is 4.66 Å². The van der Waals surface area contributed by atoms with Gasteiger partial charge in [0.15, 0.2) is 22.8 Å². The summed E-state index contributed by atoms with van der Waals surface area (Å²) >= 11 is 0. The van der Waals surface area contributed by atoms with Gasteiger partial charge in [0, 0.05) is 67.3 Å². The maximum Gasteiger partial charge on any atom is 0.294 e. The van der Waals surface area contributed by atoms with Gasteiger partial charge < -0.3 is 24.1 Å². The number of benzene rings is 16. The quantitative estimate of drug-likeness (QED) is 0.0450. The molecular formula is C107H68BBiN21P2. The van der Waals surface area contributed by atoms with Crippen molar-refractivity contribution in [3.8, 4) is 86.6 Å². The summed E-state index contributed by atoms with van der Waals surface area (Å²) < 4.78 is 15.2. The monoisotopic (exact) mass is 1930 g/mol.